The van der Waals surface area contributed by atoms with Gasteiger partial charge in [0.2, 0.25) is 0 Å². The maximum absolute atomic E-state index is 13.4. The van der Waals surface area contributed by atoms with E-state index in [-0.39, 0.29) is 0 Å². The van der Waals surface area contributed by atoms with Crippen LogP contribution in [0.2, 0.25) is 0 Å². The van der Waals surface area contributed by atoms with Gasteiger partial charge in [0, 0.05) is 6.42 Å². The normalized spacial score (nSPS) is 11.7. The highest BCUT2D eigenvalue weighted by Gasteiger charge is 2.15. The van der Waals surface area contributed by atoms with Crippen molar-refractivity contribution in [3.63, 3.8) is 0 Å². The minimum absolute atomic E-state index is 0.476. The van der Waals surface area contributed by atoms with Crippen molar-refractivity contribution in [3.8, 4) is 0 Å². The fourth-order valence-electron chi connectivity index (χ4n) is 1.62. The van der Waals surface area contributed by atoms with Crippen LogP contribution in [0.5, 0.6) is 0 Å². The van der Waals surface area contributed by atoms with Crippen LogP contribution in [-0.2, 0) is 12.8 Å². The predicted octanol–water partition coefficient (Wildman–Crippen LogP) is 2.87. The van der Waals surface area contributed by atoms with E-state index in [0.717, 1.165) is 24.9 Å². The molecule has 1 rings (SSSR count). The Bertz CT molecular complexity index is 284. The summed E-state index contributed by atoms with van der Waals surface area (Å²) in [5, 5.41) is 0. The van der Waals surface area contributed by atoms with Gasteiger partial charge in [-0.1, -0.05) is 24.3 Å². The van der Waals surface area contributed by atoms with E-state index in [4.69, 9.17) is 5.73 Å². The van der Waals surface area contributed by atoms with Crippen molar-refractivity contribution >= 4 is 0 Å². The number of hydrogen-bond donors (Lipinski definition) is 1. The second-order valence-electron chi connectivity index (χ2n) is 4.60. The molecule has 84 valence electrons. The Morgan fingerprint density at radius 1 is 1.13 bits per heavy atom. The van der Waals surface area contributed by atoms with Gasteiger partial charge < -0.3 is 5.73 Å². The van der Waals surface area contributed by atoms with Crippen molar-refractivity contribution in [2.75, 3.05) is 6.54 Å². The van der Waals surface area contributed by atoms with Crippen molar-refractivity contribution in [1.82, 2.24) is 0 Å². The first-order valence-corrected chi connectivity index (χ1v) is 5.48. The highest BCUT2D eigenvalue weighted by molar-refractivity contribution is 5.23. The summed E-state index contributed by atoms with van der Waals surface area (Å²) >= 11 is 0. The van der Waals surface area contributed by atoms with Crippen molar-refractivity contribution in [2.45, 2.75) is 38.8 Å². The Kier molecular flexibility index (Phi) is 4.28. The maximum atomic E-state index is 13.4. The number of aryl methyl sites for hydroxylation is 1. The molecule has 0 aromatic heterocycles. The minimum atomic E-state index is -1.13. The number of nitrogens with two attached hydrogens (primary N) is 1. The molecule has 1 aromatic rings. The van der Waals surface area contributed by atoms with Crippen LogP contribution in [-0.4, -0.2) is 12.2 Å². The summed E-state index contributed by atoms with van der Waals surface area (Å²) in [6, 6.07) is 8.15. The summed E-state index contributed by atoms with van der Waals surface area (Å²) in [6.07, 6.45) is 2.49. The van der Waals surface area contributed by atoms with Crippen LogP contribution >= 0.6 is 0 Å². The quantitative estimate of drug-likeness (QED) is 0.793. The molecule has 0 aliphatic heterocycles. The van der Waals surface area contributed by atoms with Crippen LogP contribution in [0, 0.1) is 0 Å². The summed E-state index contributed by atoms with van der Waals surface area (Å²) < 4.78 is 13.4. The number of hydrogen-bond acceptors (Lipinski definition) is 1. The molecule has 2 heteroatoms. The fourth-order valence-corrected chi connectivity index (χ4v) is 1.62. The lowest BCUT2D eigenvalue weighted by atomic mass is 9.98. The summed E-state index contributed by atoms with van der Waals surface area (Å²) in [7, 11) is 0. The number of alkyl halides is 1. The van der Waals surface area contributed by atoms with Gasteiger partial charge in [0.1, 0.15) is 5.67 Å². The van der Waals surface area contributed by atoms with E-state index in [1.54, 1.807) is 13.8 Å². The van der Waals surface area contributed by atoms with Crippen molar-refractivity contribution in [3.05, 3.63) is 35.4 Å². The molecular weight excluding hydrogens is 189 g/mol. The predicted molar refractivity (Wildman–Crippen MR) is 62.7 cm³/mol. The van der Waals surface area contributed by atoms with Gasteiger partial charge in [-0.2, -0.15) is 0 Å². The molecule has 0 fully saturated rings. The number of halogens is 1. The van der Waals surface area contributed by atoms with Crippen LogP contribution < -0.4 is 5.73 Å². The molecule has 15 heavy (non-hydrogen) atoms. The summed E-state index contributed by atoms with van der Waals surface area (Å²) in [6.45, 7) is 3.93. The Hall–Kier alpha value is -0.890. The van der Waals surface area contributed by atoms with Gasteiger partial charge in [-0.15, -0.1) is 0 Å². The van der Waals surface area contributed by atoms with Gasteiger partial charge in [-0.3, -0.25) is 0 Å². The van der Waals surface area contributed by atoms with E-state index in [0.29, 0.717) is 6.42 Å². The third-order valence-electron chi connectivity index (χ3n) is 2.32. The SMILES string of the molecule is CC(C)(F)Cc1ccc(CCCN)cc1. The molecule has 0 atom stereocenters. The van der Waals surface area contributed by atoms with E-state index in [2.05, 4.69) is 12.1 Å². The minimum Gasteiger partial charge on any atom is -0.330 e. The van der Waals surface area contributed by atoms with Crippen molar-refractivity contribution in [1.29, 1.82) is 0 Å². The van der Waals surface area contributed by atoms with Gasteiger partial charge in [-0.25, -0.2) is 4.39 Å². The zero-order valence-corrected chi connectivity index (χ0v) is 9.59. The molecular formula is C13H20FN. The molecule has 0 amide bonds. The highest BCUT2D eigenvalue weighted by atomic mass is 19.1. The van der Waals surface area contributed by atoms with Gasteiger partial charge in [0.05, 0.1) is 0 Å². The van der Waals surface area contributed by atoms with Crippen molar-refractivity contribution in [2.24, 2.45) is 5.73 Å². The van der Waals surface area contributed by atoms with E-state index < -0.39 is 5.67 Å². The lowest BCUT2D eigenvalue weighted by molar-refractivity contribution is 0.217. The topological polar surface area (TPSA) is 26.0 Å². The standard InChI is InChI=1S/C13H20FN/c1-13(2,14)10-12-7-5-11(6-8-12)4-3-9-15/h5-8H,3-4,9-10,15H2,1-2H3. The second-order valence-corrected chi connectivity index (χ2v) is 4.60. The Morgan fingerprint density at radius 3 is 2.13 bits per heavy atom. The third-order valence-corrected chi connectivity index (χ3v) is 2.32. The molecule has 1 aromatic carbocycles. The largest absolute Gasteiger partial charge is 0.330 e. The third kappa shape index (κ3) is 4.93. The van der Waals surface area contributed by atoms with Gasteiger partial charge in [0.25, 0.3) is 0 Å². The molecule has 0 aliphatic rings. The van der Waals surface area contributed by atoms with E-state index >= 15 is 0 Å². The molecule has 2 N–H and O–H groups in total. The maximum Gasteiger partial charge on any atom is 0.109 e. The van der Waals surface area contributed by atoms with Crippen LogP contribution in [0.4, 0.5) is 4.39 Å². The number of rotatable bonds is 5. The molecule has 0 heterocycles. The Balaban J connectivity index is 2.56. The van der Waals surface area contributed by atoms with Crippen molar-refractivity contribution < 1.29 is 4.39 Å². The molecule has 0 saturated carbocycles. The average Bonchev–Trinajstić information content (AvgIpc) is 2.14. The van der Waals surface area contributed by atoms with Crippen LogP contribution in [0.3, 0.4) is 0 Å². The molecule has 0 bridgehead atoms. The zero-order chi connectivity index (χ0) is 11.3. The highest BCUT2D eigenvalue weighted by Crippen LogP contribution is 2.17. The zero-order valence-electron chi connectivity index (χ0n) is 9.59. The summed E-state index contributed by atoms with van der Waals surface area (Å²) in [5.74, 6) is 0. The van der Waals surface area contributed by atoms with Gasteiger partial charge in [0.15, 0.2) is 0 Å². The van der Waals surface area contributed by atoms with Gasteiger partial charge >= 0.3 is 0 Å². The summed E-state index contributed by atoms with van der Waals surface area (Å²) in [5.41, 5.74) is 6.65. The molecule has 0 saturated heterocycles. The first kappa shape index (κ1) is 12.2. The molecule has 0 radical (unpaired) electrons. The van der Waals surface area contributed by atoms with E-state index in [1.807, 2.05) is 12.1 Å². The first-order valence-electron chi connectivity index (χ1n) is 5.48. The molecule has 1 nitrogen and oxygen atoms in total. The van der Waals surface area contributed by atoms with Crippen LogP contribution in [0.1, 0.15) is 31.4 Å². The van der Waals surface area contributed by atoms with Crippen LogP contribution in [0.15, 0.2) is 24.3 Å². The van der Waals surface area contributed by atoms with Gasteiger partial charge in [-0.05, 0) is 44.4 Å². The fraction of sp³-hybridized carbons (Fsp3) is 0.538. The lowest BCUT2D eigenvalue weighted by Crippen LogP contribution is -2.15. The monoisotopic (exact) mass is 209 g/mol. The second kappa shape index (κ2) is 5.26. The van der Waals surface area contributed by atoms with E-state index in [1.165, 1.54) is 5.56 Å². The Morgan fingerprint density at radius 2 is 1.67 bits per heavy atom. The summed E-state index contributed by atoms with van der Waals surface area (Å²) in [4.78, 5) is 0. The van der Waals surface area contributed by atoms with E-state index in [9.17, 15) is 4.39 Å². The average molecular weight is 209 g/mol. The smallest absolute Gasteiger partial charge is 0.109 e. The molecule has 0 unspecified atom stereocenters. The molecule has 0 spiro atoms. The molecule has 0 aliphatic carbocycles. The number of benzene rings is 1. The first-order chi connectivity index (χ1) is 7.01. The van der Waals surface area contributed by atoms with Crippen LogP contribution in [0.25, 0.3) is 0 Å². The Labute approximate surface area is 91.5 Å². The lowest BCUT2D eigenvalue weighted by Gasteiger charge is -2.13.